The Kier molecular flexibility index (Phi) is 3.91. The summed E-state index contributed by atoms with van der Waals surface area (Å²) in [5.74, 6) is 0.275. The second-order valence-electron chi connectivity index (χ2n) is 6.44. The van der Waals surface area contributed by atoms with Crippen LogP contribution in [0.25, 0.3) is 11.1 Å². The molecule has 4 rings (SSSR count). The Morgan fingerprint density at radius 1 is 1.36 bits per heavy atom. The minimum atomic E-state index is -0.517. The fraction of sp³-hybridized carbons (Fsp3) is 0.389. The van der Waals surface area contributed by atoms with Crippen LogP contribution < -0.4 is 11.1 Å². The van der Waals surface area contributed by atoms with Crippen molar-refractivity contribution in [3.63, 3.8) is 0 Å². The number of hydrogen-bond donors (Lipinski definition) is 1. The molecule has 0 bridgehead atoms. The average molecular weight is 340 g/mol. The number of amides is 1. The number of nitrogens with zero attached hydrogens (tertiary/aromatic N) is 3. The molecular formula is C18H20N4O3. The first-order valence-corrected chi connectivity index (χ1v) is 8.51. The van der Waals surface area contributed by atoms with E-state index in [-0.39, 0.29) is 12.5 Å². The number of oxazole rings is 1. The molecule has 130 valence electrons. The van der Waals surface area contributed by atoms with Gasteiger partial charge in [-0.1, -0.05) is 12.1 Å². The van der Waals surface area contributed by atoms with Crippen LogP contribution in [0.3, 0.4) is 0 Å². The van der Waals surface area contributed by atoms with Crippen molar-refractivity contribution in [2.45, 2.75) is 38.8 Å². The molecule has 3 aromatic rings. The first kappa shape index (κ1) is 15.7. The van der Waals surface area contributed by atoms with Crippen LogP contribution in [0.2, 0.25) is 0 Å². The van der Waals surface area contributed by atoms with Gasteiger partial charge in [-0.15, -0.1) is 0 Å². The number of carbonyl (C=O) groups is 1. The lowest BCUT2D eigenvalue weighted by Crippen LogP contribution is -2.32. The van der Waals surface area contributed by atoms with Crippen LogP contribution in [0.1, 0.15) is 30.4 Å². The van der Waals surface area contributed by atoms with Gasteiger partial charge >= 0.3 is 5.76 Å². The number of para-hydroxylation sites is 2. The Labute approximate surface area is 144 Å². The molecule has 1 saturated carbocycles. The summed E-state index contributed by atoms with van der Waals surface area (Å²) in [7, 11) is 0. The normalized spacial score (nSPS) is 14.1. The van der Waals surface area contributed by atoms with E-state index < -0.39 is 5.76 Å². The highest BCUT2D eigenvalue weighted by molar-refractivity contribution is 5.79. The Morgan fingerprint density at radius 2 is 2.16 bits per heavy atom. The van der Waals surface area contributed by atoms with Gasteiger partial charge in [0.05, 0.1) is 5.52 Å². The smallest absolute Gasteiger partial charge is 0.408 e. The maximum atomic E-state index is 12.2. The largest absolute Gasteiger partial charge is 0.420 e. The van der Waals surface area contributed by atoms with Crippen molar-refractivity contribution in [2.75, 3.05) is 6.54 Å². The SMILES string of the molecule is Cc1cnc(CCNC(=O)Cn2c(=O)oc3ccccc32)n1C1CC1. The van der Waals surface area contributed by atoms with Gasteiger partial charge in [0.2, 0.25) is 5.91 Å². The number of carbonyl (C=O) groups excluding carboxylic acids is 1. The van der Waals surface area contributed by atoms with Crippen LogP contribution in [0.5, 0.6) is 0 Å². The number of nitrogens with one attached hydrogen (secondary N) is 1. The molecule has 1 aliphatic carbocycles. The van der Waals surface area contributed by atoms with E-state index in [2.05, 4.69) is 21.8 Å². The third-order valence-electron chi connectivity index (χ3n) is 4.52. The summed E-state index contributed by atoms with van der Waals surface area (Å²) < 4.78 is 8.75. The van der Waals surface area contributed by atoms with Crippen LogP contribution in [0.15, 0.2) is 39.7 Å². The lowest BCUT2D eigenvalue weighted by molar-refractivity contribution is -0.121. The Bertz CT molecular complexity index is 978. The third-order valence-corrected chi connectivity index (χ3v) is 4.52. The van der Waals surface area contributed by atoms with Gasteiger partial charge in [-0.05, 0) is 31.9 Å². The van der Waals surface area contributed by atoms with E-state index in [9.17, 15) is 9.59 Å². The van der Waals surface area contributed by atoms with E-state index in [1.165, 1.54) is 23.1 Å². The molecule has 2 aromatic heterocycles. The first-order chi connectivity index (χ1) is 12.1. The molecular weight excluding hydrogens is 320 g/mol. The summed E-state index contributed by atoms with van der Waals surface area (Å²) in [6.07, 6.45) is 4.96. The molecule has 7 nitrogen and oxygen atoms in total. The minimum Gasteiger partial charge on any atom is -0.408 e. The van der Waals surface area contributed by atoms with Gasteiger partial charge in [0.1, 0.15) is 12.4 Å². The Balaban J connectivity index is 1.38. The van der Waals surface area contributed by atoms with E-state index in [0.717, 1.165) is 5.82 Å². The van der Waals surface area contributed by atoms with Crippen molar-refractivity contribution in [3.8, 4) is 0 Å². The molecule has 1 N–H and O–H groups in total. The van der Waals surface area contributed by atoms with Crippen molar-refractivity contribution >= 4 is 17.0 Å². The van der Waals surface area contributed by atoms with Gasteiger partial charge in [-0.25, -0.2) is 9.78 Å². The molecule has 1 aromatic carbocycles. The standard InChI is InChI=1S/C18H20N4O3/c1-12-10-20-16(22(12)13-6-7-13)8-9-19-17(23)11-21-14-4-2-3-5-15(14)25-18(21)24/h2-5,10,13H,6-9,11H2,1H3,(H,19,23). The fourth-order valence-electron chi connectivity index (χ4n) is 3.19. The van der Waals surface area contributed by atoms with Gasteiger partial charge in [0, 0.05) is 30.9 Å². The minimum absolute atomic E-state index is 0.0497. The number of hydrogen-bond acceptors (Lipinski definition) is 4. The van der Waals surface area contributed by atoms with E-state index >= 15 is 0 Å². The lowest BCUT2D eigenvalue weighted by atomic mass is 10.3. The summed E-state index contributed by atoms with van der Waals surface area (Å²) in [4.78, 5) is 28.5. The Hall–Kier alpha value is -2.83. The molecule has 0 saturated heterocycles. The van der Waals surface area contributed by atoms with E-state index in [0.29, 0.717) is 30.1 Å². The van der Waals surface area contributed by atoms with Crippen LogP contribution in [-0.4, -0.2) is 26.6 Å². The third kappa shape index (κ3) is 3.09. The zero-order valence-electron chi connectivity index (χ0n) is 14.1. The van der Waals surface area contributed by atoms with Crippen molar-refractivity contribution in [1.82, 2.24) is 19.4 Å². The fourth-order valence-corrected chi connectivity index (χ4v) is 3.19. The van der Waals surface area contributed by atoms with Crippen LogP contribution in [0.4, 0.5) is 0 Å². The number of aromatic nitrogens is 3. The molecule has 0 atom stereocenters. The van der Waals surface area contributed by atoms with Crippen molar-refractivity contribution < 1.29 is 9.21 Å². The number of rotatable bonds is 6. The summed E-state index contributed by atoms with van der Waals surface area (Å²) in [5, 5.41) is 2.86. The monoisotopic (exact) mass is 340 g/mol. The first-order valence-electron chi connectivity index (χ1n) is 8.51. The zero-order chi connectivity index (χ0) is 17.4. The number of fused-ring (bicyclic) bond motifs is 1. The average Bonchev–Trinajstić information content (AvgIpc) is 3.29. The topological polar surface area (TPSA) is 82.1 Å². The van der Waals surface area contributed by atoms with Gasteiger partial charge in [0.25, 0.3) is 0 Å². The maximum Gasteiger partial charge on any atom is 0.420 e. The second kappa shape index (κ2) is 6.23. The summed E-state index contributed by atoms with van der Waals surface area (Å²) >= 11 is 0. The van der Waals surface area contributed by atoms with Crippen LogP contribution in [-0.2, 0) is 17.8 Å². The highest BCUT2D eigenvalue weighted by atomic mass is 16.4. The molecule has 25 heavy (non-hydrogen) atoms. The molecule has 1 aliphatic rings. The highest BCUT2D eigenvalue weighted by Gasteiger charge is 2.27. The highest BCUT2D eigenvalue weighted by Crippen LogP contribution is 2.36. The summed E-state index contributed by atoms with van der Waals surface area (Å²) in [6, 6.07) is 7.66. The lowest BCUT2D eigenvalue weighted by Gasteiger charge is -2.09. The van der Waals surface area contributed by atoms with Crippen molar-refractivity contribution in [1.29, 1.82) is 0 Å². The summed E-state index contributed by atoms with van der Waals surface area (Å²) in [6.45, 7) is 2.50. The predicted molar refractivity (Wildman–Crippen MR) is 92.4 cm³/mol. The number of benzene rings is 1. The molecule has 0 spiro atoms. The summed E-state index contributed by atoms with van der Waals surface area (Å²) in [5.41, 5.74) is 2.28. The predicted octanol–water partition coefficient (Wildman–Crippen LogP) is 1.79. The number of imidazole rings is 1. The van der Waals surface area contributed by atoms with E-state index in [1.54, 1.807) is 18.2 Å². The van der Waals surface area contributed by atoms with Crippen LogP contribution in [0, 0.1) is 6.92 Å². The second-order valence-corrected chi connectivity index (χ2v) is 6.44. The quantitative estimate of drug-likeness (QED) is 0.742. The Morgan fingerprint density at radius 3 is 2.96 bits per heavy atom. The van der Waals surface area contributed by atoms with E-state index in [4.69, 9.17) is 4.42 Å². The molecule has 7 heteroatoms. The molecule has 1 amide bonds. The molecule has 2 heterocycles. The number of aryl methyl sites for hydroxylation is 1. The van der Waals surface area contributed by atoms with Crippen molar-refractivity contribution in [2.24, 2.45) is 0 Å². The van der Waals surface area contributed by atoms with Gasteiger partial charge in [-0.2, -0.15) is 0 Å². The van der Waals surface area contributed by atoms with Gasteiger partial charge in [-0.3, -0.25) is 9.36 Å². The van der Waals surface area contributed by atoms with Gasteiger partial charge in [0.15, 0.2) is 5.58 Å². The van der Waals surface area contributed by atoms with Crippen LogP contribution >= 0.6 is 0 Å². The molecule has 0 radical (unpaired) electrons. The molecule has 0 aliphatic heterocycles. The molecule has 0 unspecified atom stereocenters. The van der Waals surface area contributed by atoms with Crippen molar-refractivity contribution in [3.05, 3.63) is 52.5 Å². The van der Waals surface area contributed by atoms with Gasteiger partial charge < -0.3 is 14.3 Å². The van der Waals surface area contributed by atoms with E-state index in [1.807, 2.05) is 12.3 Å². The maximum absolute atomic E-state index is 12.2. The molecule has 1 fully saturated rings. The zero-order valence-corrected chi connectivity index (χ0v) is 14.1.